The number of carbonyl (C=O) groups is 3. The number of aryl methyl sites for hydroxylation is 1. The zero-order valence-corrected chi connectivity index (χ0v) is 32.8. The van der Waals surface area contributed by atoms with E-state index in [0.29, 0.717) is 81.9 Å². The van der Waals surface area contributed by atoms with Crippen LogP contribution in [-0.4, -0.2) is 79.4 Å². The summed E-state index contributed by atoms with van der Waals surface area (Å²) >= 11 is 14.3. The lowest BCUT2D eigenvalue weighted by molar-refractivity contribution is -0.119. The third-order valence-electron chi connectivity index (χ3n) is 10.1. The van der Waals surface area contributed by atoms with Gasteiger partial charge in [-0.05, 0) is 51.5 Å². The van der Waals surface area contributed by atoms with E-state index in [9.17, 15) is 19.5 Å². The molecule has 286 valence electrons. The first-order valence-corrected chi connectivity index (χ1v) is 18.8. The molecule has 2 aliphatic rings. The molecule has 5 heterocycles. The normalized spacial score (nSPS) is 15.5. The Morgan fingerprint density at radius 2 is 1.80 bits per heavy atom. The van der Waals surface area contributed by atoms with Crippen LogP contribution < -0.4 is 10.1 Å². The standard InChI is InChI=1S/C41H42Cl2N6O6/c1-41(2,3)55-40(53)49(21-25-11-14-34(50)45-25)20-24-10-13-31(46-38(24)54-5)29-8-6-7-27(35(29)42)28-15-17-44-37(36(28)43)23-9-12-26-30-22-48(39(51)52)18-16-32(30)47(4)33(26)19-23/h6-10,12-13,15,17,19,25H,11,14,16,18,20-22H2,1-5H3,(H,45,50)(H,51,52). The first-order chi connectivity index (χ1) is 26.2. The molecule has 1 unspecified atom stereocenters. The van der Waals surface area contributed by atoms with Crippen LogP contribution in [0.5, 0.6) is 5.88 Å². The fraction of sp³-hybridized carbons (Fsp3) is 0.341. The van der Waals surface area contributed by atoms with Crippen LogP contribution in [0.4, 0.5) is 9.59 Å². The average molecular weight is 786 g/mol. The third-order valence-corrected chi connectivity index (χ3v) is 10.9. The molecule has 1 atom stereocenters. The van der Waals surface area contributed by atoms with E-state index >= 15 is 0 Å². The Bertz CT molecular complexity index is 2340. The van der Waals surface area contributed by atoms with Gasteiger partial charge in [0.05, 0.1) is 41.6 Å². The van der Waals surface area contributed by atoms with E-state index < -0.39 is 17.8 Å². The van der Waals surface area contributed by atoms with Crippen LogP contribution in [0.25, 0.3) is 44.5 Å². The van der Waals surface area contributed by atoms with Crippen molar-refractivity contribution in [1.29, 1.82) is 0 Å². The summed E-state index contributed by atoms with van der Waals surface area (Å²) in [6.45, 7) is 6.66. The van der Waals surface area contributed by atoms with E-state index in [1.165, 1.54) is 12.0 Å². The summed E-state index contributed by atoms with van der Waals surface area (Å²) < 4.78 is 13.6. The van der Waals surface area contributed by atoms with Gasteiger partial charge < -0.3 is 34.3 Å². The summed E-state index contributed by atoms with van der Waals surface area (Å²) in [5.41, 5.74) is 7.07. The Kier molecular flexibility index (Phi) is 10.4. The number of pyridine rings is 2. The maximum atomic E-state index is 13.3. The van der Waals surface area contributed by atoms with Crippen molar-refractivity contribution in [2.24, 2.45) is 7.05 Å². The zero-order chi connectivity index (χ0) is 39.2. The SMILES string of the molecule is COc1nc(-c2cccc(-c3ccnc(-c4ccc5c6c(n(C)c5c4)CCN(C(=O)O)C6)c3Cl)c2Cl)ccc1CN(CC1CCC(=O)N1)C(=O)OC(C)(C)C. The molecule has 0 spiro atoms. The van der Waals surface area contributed by atoms with E-state index in [1.54, 1.807) is 11.1 Å². The van der Waals surface area contributed by atoms with Crippen LogP contribution in [0.2, 0.25) is 10.0 Å². The molecule has 1 saturated heterocycles. The third kappa shape index (κ3) is 7.66. The molecule has 0 saturated carbocycles. The van der Waals surface area contributed by atoms with Crippen molar-refractivity contribution in [3.8, 4) is 39.5 Å². The second kappa shape index (κ2) is 15.1. The molecule has 14 heteroatoms. The molecular formula is C41H42Cl2N6O6. The molecule has 2 N–H and O–H groups in total. The van der Waals surface area contributed by atoms with Crippen LogP contribution in [0, 0.1) is 0 Å². The first-order valence-electron chi connectivity index (χ1n) is 18.1. The van der Waals surface area contributed by atoms with Gasteiger partial charge in [0.1, 0.15) is 5.60 Å². The predicted octanol–water partition coefficient (Wildman–Crippen LogP) is 8.34. The summed E-state index contributed by atoms with van der Waals surface area (Å²) in [7, 11) is 3.52. The summed E-state index contributed by atoms with van der Waals surface area (Å²) in [6.07, 6.45) is 1.97. The lowest BCUT2D eigenvalue weighted by atomic mass is 9.99. The highest BCUT2D eigenvalue weighted by molar-refractivity contribution is 6.39. The summed E-state index contributed by atoms with van der Waals surface area (Å²) in [5, 5.41) is 14.4. The number of carbonyl (C=O) groups excluding carboxylic acids is 2. The molecule has 2 aromatic carbocycles. The van der Waals surface area contributed by atoms with Crippen molar-refractivity contribution in [1.82, 2.24) is 29.7 Å². The zero-order valence-electron chi connectivity index (χ0n) is 31.3. The molecule has 2 aliphatic heterocycles. The molecule has 7 rings (SSSR count). The van der Waals surface area contributed by atoms with Gasteiger partial charge in [0.2, 0.25) is 11.8 Å². The van der Waals surface area contributed by atoms with E-state index in [1.807, 2.05) is 82.4 Å². The van der Waals surface area contributed by atoms with Gasteiger partial charge in [-0.25, -0.2) is 14.6 Å². The summed E-state index contributed by atoms with van der Waals surface area (Å²) in [5.74, 6) is 0.283. The number of methoxy groups -OCH3 is 1. The van der Waals surface area contributed by atoms with Crippen LogP contribution in [0.15, 0.2) is 60.8 Å². The number of halogens is 2. The van der Waals surface area contributed by atoms with Crippen molar-refractivity contribution in [3.63, 3.8) is 0 Å². The molecule has 0 bridgehead atoms. The number of rotatable bonds is 8. The number of hydrogen-bond donors (Lipinski definition) is 2. The molecule has 3 aromatic heterocycles. The first kappa shape index (κ1) is 38.0. The van der Waals surface area contributed by atoms with Crippen molar-refractivity contribution < 1.29 is 29.0 Å². The number of nitrogens with one attached hydrogen (secondary N) is 1. The minimum absolute atomic E-state index is 0.0370. The fourth-order valence-electron chi connectivity index (χ4n) is 7.41. The second-order valence-electron chi connectivity index (χ2n) is 14.9. The van der Waals surface area contributed by atoms with Gasteiger partial charge in [0.25, 0.3) is 0 Å². The number of hydrogen-bond acceptors (Lipinski definition) is 7. The molecule has 3 amide bonds. The Morgan fingerprint density at radius 3 is 2.51 bits per heavy atom. The minimum atomic E-state index is -0.920. The van der Waals surface area contributed by atoms with Crippen LogP contribution >= 0.6 is 23.2 Å². The van der Waals surface area contributed by atoms with Crippen molar-refractivity contribution >= 4 is 52.2 Å². The van der Waals surface area contributed by atoms with Gasteiger partial charge >= 0.3 is 12.2 Å². The van der Waals surface area contributed by atoms with Gasteiger partial charge in [-0.3, -0.25) is 9.78 Å². The Balaban J connectivity index is 1.19. The average Bonchev–Trinajstić information content (AvgIpc) is 3.69. The van der Waals surface area contributed by atoms with E-state index in [4.69, 9.17) is 37.7 Å². The number of nitrogens with zero attached hydrogens (tertiary/aromatic N) is 5. The maximum absolute atomic E-state index is 13.3. The molecule has 1 fully saturated rings. The minimum Gasteiger partial charge on any atom is -0.481 e. The van der Waals surface area contributed by atoms with Gasteiger partial charge in [-0.2, -0.15) is 0 Å². The summed E-state index contributed by atoms with van der Waals surface area (Å²) in [4.78, 5) is 49.4. The van der Waals surface area contributed by atoms with Crippen LogP contribution in [0.3, 0.4) is 0 Å². The number of amides is 3. The van der Waals surface area contributed by atoms with E-state index in [-0.39, 0.29) is 25.0 Å². The van der Waals surface area contributed by atoms with Gasteiger partial charge in [-0.15, -0.1) is 0 Å². The van der Waals surface area contributed by atoms with Crippen molar-refractivity contribution in [2.75, 3.05) is 20.2 Å². The molecule has 5 aromatic rings. The topological polar surface area (TPSA) is 139 Å². The second-order valence-corrected chi connectivity index (χ2v) is 15.6. The largest absolute Gasteiger partial charge is 0.481 e. The number of fused-ring (bicyclic) bond motifs is 3. The lowest BCUT2D eigenvalue weighted by Gasteiger charge is -2.29. The maximum Gasteiger partial charge on any atom is 0.410 e. The van der Waals surface area contributed by atoms with Crippen molar-refractivity contribution in [2.45, 2.75) is 64.8 Å². The molecule has 55 heavy (non-hydrogen) atoms. The van der Waals surface area contributed by atoms with Crippen molar-refractivity contribution in [3.05, 3.63) is 87.7 Å². The van der Waals surface area contributed by atoms with Crippen LogP contribution in [0.1, 0.15) is 50.4 Å². The van der Waals surface area contributed by atoms with Gasteiger partial charge in [0.15, 0.2) is 0 Å². The Hall–Kier alpha value is -5.33. The molecule has 12 nitrogen and oxygen atoms in total. The van der Waals surface area contributed by atoms with Gasteiger partial charge in [0, 0.05) is 95.2 Å². The quantitative estimate of drug-likeness (QED) is 0.160. The van der Waals surface area contributed by atoms with Crippen LogP contribution in [-0.2, 0) is 36.1 Å². The molecular weight excluding hydrogens is 743 g/mol. The molecule has 0 aliphatic carbocycles. The van der Waals surface area contributed by atoms with Gasteiger partial charge in [-0.1, -0.05) is 53.5 Å². The monoisotopic (exact) mass is 784 g/mol. The highest BCUT2D eigenvalue weighted by Gasteiger charge is 2.30. The predicted molar refractivity (Wildman–Crippen MR) is 211 cm³/mol. The highest BCUT2D eigenvalue weighted by Crippen LogP contribution is 2.42. The number of aromatic nitrogens is 3. The fourth-order valence-corrected chi connectivity index (χ4v) is 8.05. The Morgan fingerprint density at radius 1 is 1.04 bits per heavy atom. The molecule has 0 radical (unpaired) electrons. The van der Waals surface area contributed by atoms with E-state index in [0.717, 1.165) is 27.7 Å². The number of ether oxygens (including phenoxy) is 2. The lowest BCUT2D eigenvalue weighted by Crippen LogP contribution is -2.43. The number of carboxylic acid groups (broad SMARTS) is 1. The van der Waals surface area contributed by atoms with E-state index in [2.05, 4.69) is 14.9 Å². The number of benzene rings is 2. The highest BCUT2D eigenvalue weighted by atomic mass is 35.5. The smallest absolute Gasteiger partial charge is 0.410 e. The summed E-state index contributed by atoms with van der Waals surface area (Å²) in [6, 6.07) is 17.0. The Labute approximate surface area is 329 Å².